The molecule has 4 aliphatic heterocycles. The third kappa shape index (κ3) is 12.3. The number of aromatic amines is 1. The monoisotopic (exact) mass is 1120 g/mol. The van der Waals surface area contributed by atoms with E-state index in [1.165, 1.54) is 54.9 Å². The Bertz CT molecular complexity index is 3270. The van der Waals surface area contributed by atoms with Crippen LogP contribution in [0.3, 0.4) is 0 Å². The molecule has 4 aliphatic rings. The van der Waals surface area contributed by atoms with E-state index in [9.17, 15) is 52.9 Å². The first-order valence-corrected chi connectivity index (χ1v) is 26.7. The lowest BCUT2D eigenvalue weighted by Gasteiger charge is -2.22. The van der Waals surface area contributed by atoms with Gasteiger partial charge in [0.15, 0.2) is 11.5 Å². The van der Waals surface area contributed by atoms with Gasteiger partial charge in [-0.25, -0.2) is 38.5 Å². The van der Waals surface area contributed by atoms with Crippen LogP contribution >= 0.6 is 23.9 Å². The van der Waals surface area contributed by atoms with E-state index in [4.69, 9.17) is 63.3 Å². The van der Waals surface area contributed by atoms with Crippen molar-refractivity contribution in [2.45, 2.75) is 106 Å². The summed E-state index contributed by atoms with van der Waals surface area (Å²) in [7, 11) is -13.4. The molecule has 0 amide bonds. The quantitative estimate of drug-likeness (QED) is 0.0412. The molecule has 15 atom stereocenters. The van der Waals surface area contributed by atoms with Gasteiger partial charge in [-0.2, -0.15) is 9.97 Å². The lowest BCUT2D eigenvalue weighted by atomic mass is 10.2. The first-order chi connectivity index (χ1) is 35.6. The Morgan fingerprint density at radius 2 is 1.27 bits per heavy atom. The Hall–Kier alpha value is -5.61. The smallest absolute Gasteiger partial charge is 0.394 e. The van der Waals surface area contributed by atoms with Crippen LogP contribution < -0.4 is 39.8 Å². The Morgan fingerprint density at radius 3 is 1.88 bits per heavy atom. The van der Waals surface area contributed by atoms with E-state index in [2.05, 4.69) is 29.9 Å². The number of hydrogen-bond acceptors (Lipinski definition) is 27. The number of nitrogens with zero attached hydrogens (tertiary/aromatic N) is 9. The number of aryl methyl sites for hydroxylation is 1. The average molecular weight is 1120 g/mol. The fourth-order valence-corrected chi connectivity index (χ4v) is 11.3. The van der Waals surface area contributed by atoms with Crippen LogP contribution in [0.2, 0.25) is 0 Å². The number of aromatic nitrogens is 10. The summed E-state index contributed by atoms with van der Waals surface area (Å²) in [5.74, 6) is -0.0647. The molecule has 4 fully saturated rings. The van der Waals surface area contributed by atoms with Gasteiger partial charge in [-0.1, -0.05) is 0 Å². The van der Waals surface area contributed by atoms with Gasteiger partial charge >= 0.3 is 41.0 Å². The number of phosphoric acid groups is 2. The number of aliphatic hydroxyl groups excluding tert-OH is 2. The highest BCUT2D eigenvalue weighted by atomic mass is 31.2. The van der Waals surface area contributed by atoms with E-state index in [0.717, 1.165) is 13.7 Å². The maximum atomic E-state index is 13.6. The average Bonchev–Trinajstić information content (AvgIpc) is 4.20. The van der Waals surface area contributed by atoms with Crippen molar-refractivity contribution < 1.29 is 79.8 Å². The molecule has 9 rings (SSSR count). The number of aliphatic hydroxyl groups is 2. The lowest BCUT2D eigenvalue weighted by molar-refractivity contribution is -0.0593. The van der Waals surface area contributed by atoms with Crippen molar-refractivity contribution in [3.05, 3.63) is 90.7 Å². The molecule has 0 bridgehead atoms. The summed E-state index contributed by atoms with van der Waals surface area (Å²) in [6, 6.07) is 2.61. The topological polar surface area (TPSA) is 471 Å². The number of anilines is 3. The second-order valence-corrected chi connectivity index (χ2v) is 21.1. The van der Waals surface area contributed by atoms with E-state index in [1.807, 2.05) is 0 Å². The van der Waals surface area contributed by atoms with Crippen LogP contribution in [0.4, 0.5) is 17.5 Å². The first-order valence-electron chi connectivity index (χ1n) is 22.6. The molecule has 406 valence electrons. The molecule has 3 unspecified atom stereocenters. The van der Waals surface area contributed by atoms with Gasteiger partial charge in [-0.3, -0.25) is 46.1 Å². The van der Waals surface area contributed by atoms with Crippen molar-refractivity contribution in [2.24, 2.45) is 0 Å². The number of nitrogen functional groups attached to an aromatic ring is 3. The Kier molecular flexibility index (Phi) is 16.0. The number of nitrogens with one attached hydrogen (secondary N) is 1. The van der Waals surface area contributed by atoms with E-state index in [-0.39, 0.29) is 48.7 Å². The summed E-state index contributed by atoms with van der Waals surface area (Å²) >= 11 is 0. The number of hydrogen-bond donors (Lipinski definition) is 8. The van der Waals surface area contributed by atoms with Gasteiger partial charge < -0.3 is 56.1 Å². The summed E-state index contributed by atoms with van der Waals surface area (Å²) in [4.78, 5) is 93.9. The summed E-state index contributed by atoms with van der Waals surface area (Å²) in [6.45, 7) is -1.48. The van der Waals surface area contributed by atoms with Crippen LogP contribution in [0.15, 0.2) is 62.6 Å². The van der Waals surface area contributed by atoms with Gasteiger partial charge in [0.2, 0.25) is 0 Å². The number of imidazole rings is 1. The molecular weight excluding hydrogens is 1070 g/mol. The SMILES string of the molecule is Cc1cn([C@H]2C[C@H](O[P+](=O)OC[C@H]3O[C@@H](n4ccc(N)nc4=O)C[C@@H]3OP(=O)(O)OC[C@H]3O[C@@H](n4cnc5c(N)ncnc54)C[C@@H]3O)[C@@H](COP(=O)(O)O[C@H]3C[C@H](n4ccc(N)nc4=O)O[C@@H]3CO)O2)c(=O)[nH]c1=O. The highest BCUT2D eigenvalue weighted by Gasteiger charge is 2.49. The minimum Gasteiger partial charge on any atom is -0.394 e. The van der Waals surface area contributed by atoms with E-state index < -0.39 is 147 Å². The summed E-state index contributed by atoms with van der Waals surface area (Å²) < 4.78 is 101. The zero-order valence-electron chi connectivity index (χ0n) is 39.0. The largest absolute Gasteiger partial charge is 0.697 e. The van der Waals surface area contributed by atoms with Crippen molar-refractivity contribution in [3.63, 3.8) is 0 Å². The van der Waals surface area contributed by atoms with Crippen LogP contribution in [0.25, 0.3) is 11.2 Å². The number of phosphoric ester groups is 2. The maximum absolute atomic E-state index is 13.6. The lowest BCUT2D eigenvalue weighted by Crippen LogP contribution is -2.33. The summed E-state index contributed by atoms with van der Waals surface area (Å²) in [5.41, 5.74) is 14.6. The number of nitrogens with two attached hydrogens (primary N) is 3. The van der Waals surface area contributed by atoms with Crippen LogP contribution in [-0.2, 0) is 59.8 Å². The minimum atomic E-state index is -5.11. The summed E-state index contributed by atoms with van der Waals surface area (Å²) in [5, 5.41) is 20.8. The fourth-order valence-electron chi connectivity index (χ4n) is 8.63. The fraction of sp³-hybridized carbons (Fsp3) is 0.553. The normalized spacial score (nSPS) is 29.7. The Balaban J connectivity index is 0.859. The highest BCUT2D eigenvalue weighted by molar-refractivity contribution is 7.47. The van der Waals surface area contributed by atoms with Gasteiger partial charge in [0, 0.05) is 54.4 Å². The van der Waals surface area contributed by atoms with Crippen molar-refractivity contribution in [2.75, 3.05) is 43.6 Å². The van der Waals surface area contributed by atoms with E-state index in [0.29, 0.717) is 11.2 Å². The molecular formula is C38H49N13O21P3+. The van der Waals surface area contributed by atoms with Crippen molar-refractivity contribution in [1.29, 1.82) is 0 Å². The molecule has 4 saturated heterocycles. The van der Waals surface area contributed by atoms with E-state index in [1.54, 1.807) is 0 Å². The zero-order chi connectivity index (χ0) is 53.5. The minimum absolute atomic E-state index is 0.00400. The van der Waals surface area contributed by atoms with Gasteiger partial charge in [0.1, 0.15) is 97.7 Å². The Labute approximate surface area is 420 Å². The van der Waals surface area contributed by atoms with Gasteiger partial charge in [-0.05, 0) is 19.1 Å². The van der Waals surface area contributed by atoms with Crippen LogP contribution in [0.1, 0.15) is 56.2 Å². The molecule has 34 nitrogen and oxygen atoms in total. The molecule has 0 radical (unpaired) electrons. The third-order valence-electron chi connectivity index (χ3n) is 12.3. The van der Waals surface area contributed by atoms with Crippen molar-refractivity contribution in [1.82, 2.24) is 48.2 Å². The number of rotatable bonds is 20. The zero-order valence-corrected chi connectivity index (χ0v) is 41.6. The Morgan fingerprint density at radius 1 is 0.733 bits per heavy atom. The molecule has 5 aromatic rings. The highest BCUT2D eigenvalue weighted by Crippen LogP contribution is 2.51. The predicted octanol–water partition coefficient (Wildman–Crippen LogP) is -1.49. The molecule has 0 spiro atoms. The predicted molar refractivity (Wildman–Crippen MR) is 249 cm³/mol. The van der Waals surface area contributed by atoms with Crippen LogP contribution in [-0.4, -0.2) is 143 Å². The molecule has 0 saturated carbocycles. The van der Waals surface area contributed by atoms with Crippen LogP contribution in [0, 0.1) is 6.92 Å². The van der Waals surface area contributed by atoms with E-state index >= 15 is 0 Å². The van der Waals surface area contributed by atoms with Gasteiger partial charge in [0.25, 0.3) is 5.56 Å². The van der Waals surface area contributed by atoms with Crippen molar-refractivity contribution in [3.8, 4) is 0 Å². The summed E-state index contributed by atoms with van der Waals surface area (Å²) in [6.07, 6.45) is -9.39. The second-order valence-electron chi connectivity index (χ2n) is 17.3. The standard InChI is InChI=1S/C38H48N13O21P3/c1-17-10-50(38(57)47-35(17)54)31-7-19(25(69-31)14-65-75(61,62)71-20-8-29(66-22(20)11-52)48-4-2-26(39)45-36(48)55)70-73(58)63-12-24-21(9-30(68-24)49-5-3-27(40)46-37(49)56)72-74(59,60)64-13-23-18(53)6-28(67-23)51-16-44-32-33(41)42-15-43-34(32)51/h2-5,10,15-16,18-25,28-31,52-53H,6-9,11-14H2,1H3,(H8-,39,40,41,42,43,45,46,47,54,55,56,57,59,60,61,62)/p+1/t18-,19-,20-,21-,22+,23+,24+,25+,28+,29+,30+,31+/m0/s1. The molecule has 5 aromatic heterocycles. The third-order valence-corrected chi connectivity index (χ3v) is 15.1. The van der Waals surface area contributed by atoms with Gasteiger partial charge in [0.05, 0.1) is 32.3 Å². The van der Waals surface area contributed by atoms with Crippen LogP contribution in [0.5, 0.6) is 0 Å². The molecule has 11 N–H and O–H groups in total. The first kappa shape index (κ1) is 54.2. The number of H-pyrrole nitrogens is 1. The number of fused-ring (bicyclic) bond motifs is 1. The molecule has 9 heterocycles. The van der Waals surface area contributed by atoms with Gasteiger partial charge in [-0.15, -0.1) is 9.05 Å². The second kappa shape index (κ2) is 22.2. The van der Waals surface area contributed by atoms with Crippen molar-refractivity contribution >= 4 is 52.5 Å². The number of ether oxygens (including phenoxy) is 4. The molecule has 0 aromatic carbocycles. The molecule has 0 aliphatic carbocycles. The maximum Gasteiger partial charge on any atom is 0.697 e. The molecule has 75 heavy (non-hydrogen) atoms. The molecule has 37 heteroatoms.